The van der Waals surface area contributed by atoms with Gasteiger partial charge in [-0.15, -0.1) is 0 Å². The molecule has 2 aromatic carbocycles. The zero-order valence-corrected chi connectivity index (χ0v) is 19.6. The van der Waals surface area contributed by atoms with Gasteiger partial charge in [0.1, 0.15) is 5.75 Å². The van der Waals surface area contributed by atoms with Gasteiger partial charge >= 0.3 is 0 Å². The Bertz CT molecular complexity index is 1460. The van der Waals surface area contributed by atoms with Gasteiger partial charge in [0, 0.05) is 40.1 Å². The predicted molar refractivity (Wildman–Crippen MR) is 129 cm³/mol. The molecule has 1 heterocycles. The monoisotopic (exact) mass is 467 g/mol. The first-order valence-electron chi connectivity index (χ1n) is 12.1. The van der Waals surface area contributed by atoms with E-state index in [1.54, 1.807) is 13.8 Å². The van der Waals surface area contributed by atoms with Crippen molar-refractivity contribution in [3.05, 3.63) is 76.4 Å². The third kappa shape index (κ3) is 2.89. The topological polar surface area (TPSA) is 91.8 Å². The van der Waals surface area contributed by atoms with E-state index in [2.05, 4.69) is 0 Å². The Morgan fingerprint density at radius 1 is 1.00 bits per heavy atom. The average molecular weight is 468 g/mol. The van der Waals surface area contributed by atoms with Gasteiger partial charge in [0.2, 0.25) is 11.8 Å². The molecular weight excluding hydrogens is 442 g/mol. The largest absolute Gasteiger partial charge is 0.507 e. The molecule has 1 N–H and O–H groups in total. The molecule has 0 saturated carbocycles. The van der Waals surface area contributed by atoms with Crippen LogP contribution in [0.1, 0.15) is 38.2 Å². The molecule has 4 atom stereocenters. The van der Waals surface area contributed by atoms with Crippen LogP contribution in [0.15, 0.2) is 70.8 Å². The van der Waals surface area contributed by atoms with Crippen LogP contribution >= 0.6 is 0 Å². The summed E-state index contributed by atoms with van der Waals surface area (Å²) >= 11 is 0. The van der Waals surface area contributed by atoms with Crippen LogP contribution in [0.5, 0.6) is 5.75 Å². The molecule has 0 aromatic heterocycles. The van der Waals surface area contributed by atoms with E-state index in [9.17, 15) is 24.3 Å². The quantitative estimate of drug-likeness (QED) is 0.410. The molecule has 6 heteroatoms. The zero-order chi connectivity index (χ0) is 24.6. The second-order valence-electron chi connectivity index (χ2n) is 9.87. The standard InChI is InChI=1S/C29H25NO5/c1-3-30-28(34)19-11-10-17-20(24(19)29(30)35)13-21-22(31)12-14(2)26(32)25(21)23(17)18-9-8-15-6-4-5-7-16(15)27(18)33/h4-10,12,19-20,23-24,33H,3,11,13H2,1-2H3. The molecular formula is C29H25NO5. The highest BCUT2D eigenvalue weighted by atomic mass is 16.3. The van der Waals surface area contributed by atoms with Crippen molar-refractivity contribution in [1.82, 2.24) is 4.90 Å². The van der Waals surface area contributed by atoms with E-state index in [4.69, 9.17) is 0 Å². The highest BCUT2D eigenvalue weighted by Crippen LogP contribution is 2.56. The molecule has 4 unspecified atom stereocenters. The number of fused-ring (bicyclic) bond motifs is 4. The molecule has 6 nitrogen and oxygen atoms in total. The maximum absolute atomic E-state index is 13.5. The number of hydrogen-bond acceptors (Lipinski definition) is 5. The summed E-state index contributed by atoms with van der Waals surface area (Å²) < 4.78 is 0. The van der Waals surface area contributed by atoms with Gasteiger partial charge in [0.15, 0.2) is 11.6 Å². The number of nitrogens with zero attached hydrogens (tertiary/aromatic N) is 1. The summed E-state index contributed by atoms with van der Waals surface area (Å²) in [7, 11) is 0. The van der Waals surface area contributed by atoms with Gasteiger partial charge in [0.05, 0.1) is 11.8 Å². The van der Waals surface area contributed by atoms with Gasteiger partial charge in [0.25, 0.3) is 0 Å². The lowest BCUT2D eigenvalue weighted by Gasteiger charge is -2.42. The molecule has 4 aliphatic rings. The second-order valence-corrected chi connectivity index (χ2v) is 9.87. The number of ketones is 2. The van der Waals surface area contributed by atoms with Crippen molar-refractivity contribution in [2.24, 2.45) is 17.8 Å². The third-order valence-corrected chi connectivity index (χ3v) is 8.22. The molecule has 176 valence electrons. The van der Waals surface area contributed by atoms with Crippen molar-refractivity contribution in [3.63, 3.8) is 0 Å². The van der Waals surface area contributed by atoms with Gasteiger partial charge in [-0.05, 0) is 44.1 Å². The highest BCUT2D eigenvalue weighted by molar-refractivity contribution is 6.24. The van der Waals surface area contributed by atoms with Crippen molar-refractivity contribution >= 4 is 34.2 Å². The Hall–Kier alpha value is -3.80. The normalized spacial score (nSPS) is 28.1. The van der Waals surface area contributed by atoms with Crippen molar-refractivity contribution in [2.45, 2.75) is 32.6 Å². The minimum Gasteiger partial charge on any atom is -0.507 e. The zero-order valence-electron chi connectivity index (χ0n) is 19.6. The van der Waals surface area contributed by atoms with E-state index < -0.39 is 17.8 Å². The first kappa shape index (κ1) is 21.7. The van der Waals surface area contributed by atoms with Gasteiger partial charge in [-0.2, -0.15) is 0 Å². The molecule has 0 bridgehead atoms. The lowest BCUT2D eigenvalue weighted by Crippen LogP contribution is -2.39. The molecule has 2 aromatic rings. The number of Topliss-reactive ketones (excluding diaryl/α,β-unsaturated/α-hetero) is 1. The number of hydrogen-bond donors (Lipinski definition) is 1. The number of allylic oxidation sites excluding steroid dienone is 6. The van der Waals surface area contributed by atoms with Crippen LogP contribution in [0.3, 0.4) is 0 Å². The lowest BCUT2D eigenvalue weighted by atomic mass is 9.59. The van der Waals surface area contributed by atoms with Gasteiger partial charge in [-0.3, -0.25) is 24.1 Å². The number of imide groups is 1. The summed E-state index contributed by atoms with van der Waals surface area (Å²) in [6.07, 6.45) is 4.00. The van der Waals surface area contributed by atoms with Crippen LogP contribution < -0.4 is 0 Å². The molecule has 3 aliphatic carbocycles. The number of phenols is 1. The molecule has 0 spiro atoms. The van der Waals surface area contributed by atoms with Gasteiger partial charge < -0.3 is 5.11 Å². The van der Waals surface area contributed by atoms with Crippen molar-refractivity contribution in [2.75, 3.05) is 6.54 Å². The molecule has 1 aliphatic heterocycles. The number of carbonyl (C=O) groups excluding carboxylic acids is 4. The number of amides is 2. The minimum atomic E-state index is -0.645. The molecule has 6 rings (SSSR count). The van der Waals surface area contributed by atoms with Crippen molar-refractivity contribution in [3.8, 4) is 5.75 Å². The Kier molecular flexibility index (Phi) is 4.72. The number of benzene rings is 2. The maximum Gasteiger partial charge on any atom is 0.233 e. The molecule has 0 radical (unpaired) electrons. The van der Waals surface area contributed by atoms with E-state index in [1.807, 2.05) is 42.5 Å². The van der Waals surface area contributed by atoms with Gasteiger partial charge in [-0.25, -0.2) is 0 Å². The second kappa shape index (κ2) is 7.60. The van der Waals surface area contributed by atoms with E-state index in [1.165, 1.54) is 11.0 Å². The molecule has 35 heavy (non-hydrogen) atoms. The van der Waals surface area contributed by atoms with Crippen molar-refractivity contribution in [1.29, 1.82) is 0 Å². The van der Waals surface area contributed by atoms with Crippen LogP contribution in [-0.2, 0) is 19.2 Å². The van der Waals surface area contributed by atoms with E-state index in [0.29, 0.717) is 40.6 Å². The average Bonchev–Trinajstić information content (AvgIpc) is 3.11. The first-order valence-corrected chi connectivity index (χ1v) is 12.1. The molecule has 2 amide bonds. The van der Waals surface area contributed by atoms with Crippen LogP contribution in [-0.4, -0.2) is 39.9 Å². The third-order valence-electron chi connectivity index (χ3n) is 8.22. The minimum absolute atomic E-state index is 0.0695. The van der Waals surface area contributed by atoms with E-state index >= 15 is 0 Å². The Morgan fingerprint density at radius 3 is 2.54 bits per heavy atom. The van der Waals surface area contributed by atoms with E-state index in [-0.39, 0.29) is 41.5 Å². The van der Waals surface area contributed by atoms with Crippen LogP contribution in [0, 0.1) is 17.8 Å². The summed E-state index contributed by atoms with van der Waals surface area (Å²) in [5.41, 5.74) is 2.56. The number of likely N-dealkylation sites (tertiary alicyclic amines) is 1. The maximum atomic E-state index is 13.5. The lowest BCUT2D eigenvalue weighted by molar-refractivity contribution is -0.139. The highest BCUT2D eigenvalue weighted by Gasteiger charge is 2.56. The van der Waals surface area contributed by atoms with Gasteiger partial charge in [-0.1, -0.05) is 48.0 Å². The molecule has 1 saturated heterocycles. The summed E-state index contributed by atoms with van der Waals surface area (Å²) in [5.74, 6) is -2.76. The fourth-order valence-corrected chi connectivity index (χ4v) is 6.60. The SMILES string of the molecule is CCN1C(=O)C2CC=C3C(c4ccc5ccccc5c4O)C4=C(CC3C2C1=O)C(=O)C=C(C)C4=O. The molecule has 1 fully saturated rings. The summed E-state index contributed by atoms with van der Waals surface area (Å²) in [4.78, 5) is 54.2. The van der Waals surface area contributed by atoms with Crippen LogP contribution in [0.4, 0.5) is 0 Å². The number of carbonyl (C=O) groups is 4. The Morgan fingerprint density at radius 2 is 1.77 bits per heavy atom. The Labute approximate surface area is 202 Å². The fraction of sp³-hybridized carbons (Fsp3) is 0.310. The number of phenolic OH excluding ortho intramolecular Hbond substituents is 1. The van der Waals surface area contributed by atoms with Crippen LogP contribution in [0.25, 0.3) is 10.8 Å². The first-order chi connectivity index (χ1) is 16.8. The van der Waals surface area contributed by atoms with E-state index in [0.717, 1.165) is 11.0 Å². The fourth-order valence-electron chi connectivity index (χ4n) is 6.60. The van der Waals surface area contributed by atoms with Crippen molar-refractivity contribution < 1.29 is 24.3 Å². The number of aromatic hydroxyl groups is 1. The van der Waals surface area contributed by atoms with Crippen LogP contribution in [0.2, 0.25) is 0 Å². The smallest absolute Gasteiger partial charge is 0.233 e. The summed E-state index contributed by atoms with van der Waals surface area (Å²) in [6.45, 7) is 3.74. The number of rotatable bonds is 2. The summed E-state index contributed by atoms with van der Waals surface area (Å²) in [6, 6.07) is 11.2. The Balaban J connectivity index is 1.59. The predicted octanol–water partition coefficient (Wildman–Crippen LogP) is 3.99. The summed E-state index contributed by atoms with van der Waals surface area (Å²) in [5, 5.41) is 12.9.